The first-order valence-corrected chi connectivity index (χ1v) is 25.8. The molecule has 0 saturated carbocycles. The van der Waals surface area contributed by atoms with Gasteiger partial charge < -0.3 is 0 Å². The van der Waals surface area contributed by atoms with Crippen molar-refractivity contribution in [3.63, 3.8) is 0 Å². The zero-order valence-electron chi connectivity index (χ0n) is 44.7. The first kappa shape index (κ1) is 65.4. The lowest BCUT2D eigenvalue weighted by Gasteiger charge is -2.46. The third-order valence-electron chi connectivity index (χ3n) is 14.8. The summed E-state index contributed by atoms with van der Waals surface area (Å²) in [6.07, 6.45) is -52.8. The van der Waals surface area contributed by atoms with Crippen LogP contribution in [0.3, 0.4) is 0 Å². The SMILES string of the molecule is FC(F)(F)c1cc([B-](c2cc(C(F)(F)F)cc(C(F)(F)F)c2)(c2cc(C(F)(F)F)cc(C(F)(F)F)c2)c2cc(C(F)(F)F)cc(C(F)(F)F)c2)cc(C(F)(F)F)c1.O=C(C[n+]1ccccc1-c1c2ccccc2cc2cc3ccccc3cc12)c1ccccc1. The second-order valence-corrected chi connectivity index (χ2v) is 20.6. The Morgan fingerprint density at radius 2 is 0.600 bits per heavy atom. The van der Waals surface area contributed by atoms with Gasteiger partial charge in [0.2, 0.25) is 18.0 Å². The van der Waals surface area contributed by atoms with Gasteiger partial charge in [0.25, 0.3) is 0 Å². The Labute approximate surface area is 491 Å². The Morgan fingerprint density at radius 3 is 0.956 bits per heavy atom. The molecule has 0 spiro atoms. The van der Waals surface area contributed by atoms with Gasteiger partial charge in [0.05, 0.1) is 50.1 Å². The summed E-state index contributed by atoms with van der Waals surface area (Å²) in [7, 11) is 0. The first-order valence-electron chi connectivity index (χ1n) is 25.8. The van der Waals surface area contributed by atoms with Crippen LogP contribution in [0.25, 0.3) is 43.6 Å². The highest BCUT2D eigenvalue weighted by molar-refractivity contribution is 7.20. The fraction of sp³-hybridized carbons (Fsp3) is 0.143. The van der Waals surface area contributed by atoms with E-state index in [0.717, 1.165) is 16.8 Å². The summed E-state index contributed by atoms with van der Waals surface area (Å²) < 4.78 is 343. The zero-order chi connectivity index (χ0) is 66.1. The Hall–Kier alpha value is -9.04. The third-order valence-corrected chi connectivity index (χ3v) is 14.8. The summed E-state index contributed by atoms with van der Waals surface area (Å²) >= 11 is 0. The summed E-state index contributed by atoms with van der Waals surface area (Å²) in [6.45, 7) is 0.290. The van der Waals surface area contributed by atoms with Crippen molar-refractivity contribution >= 4 is 66.1 Å². The highest BCUT2D eigenvalue weighted by atomic mass is 19.4. The topological polar surface area (TPSA) is 20.9 Å². The number of rotatable bonds is 8. The summed E-state index contributed by atoms with van der Waals surface area (Å²) in [5.41, 5.74) is -27.3. The number of carbonyl (C=O) groups excluding carboxylic acids is 1. The molecule has 2 nitrogen and oxygen atoms in total. The number of fused-ring (bicyclic) bond motifs is 3. The van der Waals surface area contributed by atoms with Crippen molar-refractivity contribution in [2.75, 3.05) is 0 Å². The first-order chi connectivity index (χ1) is 41.5. The molecule has 1 aromatic heterocycles. The quantitative estimate of drug-likeness (QED) is 0.0488. The highest BCUT2D eigenvalue weighted by Gasteiger charge is 2.47. The van der Waals surface area contributed by atoms with Crippen LogP contribution in [-0.2, 0) is 56.0 Å². The van der Waals surface area contributed by atoms with Gasteiger partial charge in [-0.05, 0) is 80.8 Å². The largest absolute Gasteiger partial charge is 0.416 e. The molecule has 0 radical (unpaired) electrons. The van der Waals surface area contributed by atoms with E-state index in [0.29, 0.717) is 6.54 Å². The molecule has 27 heteroatoms. The van der Waals surface area contributed by atoms with E-state index in [1.165, 1.54) is 32.3 Å². The fourth-order valence-corrected chi connectivity index (χ4v) is 10.8. The number of hydrogen-bond acceptors (Lipinski definition) is 1. The van der Waals surface area contributed by atoms with Gasteiger partial charge in [0.1, 0.15) is 6.15 Å². The molecule has 0 bridgehead atoms. The summed E-state index contributed by atoms with van der Waals surface area (Å²) in [5.74, 6) is 0.100. The van der Waals surface area contributed by atoms with Crippen molar-refractivity contribution in [2.45, 2.75) is 56.0 Å². The van der Waals surface area contributed by atoms with Crippen molar-refractivity contribution in [3.8, 4) is 11.3 Å². The molecule has 468 valence electrons. The lowest BCUT2D eigenvalue weighted by Crippen LogP contribution is -2.75. The molecule has 0 aliphatic rings. The number of benzene rings is 9. The van der Waals surface area contributed by atoms with Crippen LogP contribution in [0.4, 0.5) is 105 Å². The molecule has 90 heavy (non-hydrogen) atoms. The van der Waals surface area contributed by atoms with Crippen LogP contribution in [-0.4, -0.2) is 11.9 Å². The van der Waals surface area contributed by atoms with E-state index in [-0.39, 0.29) is 5.78 Å². The maximum atomic E-state index is 14.2. The van der Waals surface area contributed by atoms with E-state index in [9.17, 15) is 110 Å². The standard InChI is InChI=1S/C32H12BF24.C31H22NO/c34-25(35,36)13-1-14(26(37,38)39)6-21(5-13)33(22-7-15(27(40,41)42)2-16(8-22)28(43,44)45,23-9-17(29(46,47)48)3-18(10-23)30(49,50)51)24-11-19(31(52,53)54)4-20(12-24)32(55,56)57;33-30(22-10-2-1-3-11-22)21-32-17-9-8-16-29(32)31-27-15-7-6-14-25(27)19-26-18-23-12-4-5-13-24(23)20-28(26)31/h1-12H;1-20H,21H2/q-1;+1. The molecule has 0 amide bonds. The van der Waals surface area contributed by atoms with Crippen LogP contribution in [0.5, 0.6) is 0 Å². The van der Waals surface area contributed by atoms with Gasteiger partial charge >= 0.3 is 49.4 Å². The monoisotopic (exact) mass is 1290 g/mol. The van der Waals surface area contributed by atoms with Gasteiger partial charge in [0, 0.05) is 17.7 Å². The Bertz CT molecular complexity index is 3920. The number of hydrogen-bond donors (Lipinski definition) is 0. The van der Waals surface area contributed by atoms with Gasteiger partial charge in [-0.3, -0.25) is 4.79 Å². The molecule has 0 N–H and O–H groups in total. The molecular formula is C63H34BF24NO. The van der Waals surface area contributed by atoms with Gasteiger partial charge in [-0.25, -0.2) is 0 Å². The van der Waals surface area contributed by atoms with Gasteiger partial charge in [0.15, 0.2) is 6.20 Å². The highest BCUT2D eigenvalue weighted by Crippen LogP contribution is 2.43. The van der Waals surface area contributed by atoms with Crippen molar-refractivity contribution in [1.82, 2.24) is 0 Å². The molecule has 10 aromatic rings. The fourth-order valence-electron chi connectivity index (χ4n) is 10.8. The minimum Gasteiger partial charge on any atom is -0.287 e. The maximum absolute atomic E-state index is 14.2. The number of carbonyl (C=O) groups is 1. The predicted octanol–water partition coefficient (Wildman–Crippen LogP) is 18.2. The van der Waals surface area contributed by atoms with E-state index in [1.54, 1.807) is 0 Å². The van der Waals surface area contributed by atoms with Crippen LogP contribution in [0.15, 0.2) is 194 Å². The molecule has 1 heterocycles. The van der Waals surface area contributed by atoms with Gasteiger partial charge in [-0.1, -0.05) is 127 Å². The maximum Gasteiger partial charge on any atom is 0.416 e. The summed E-state index contributed by atoms with van der Waals surface area (Å²) in [4.78, 5) is 13.1. The van der Waals surface area contributed by atoms with Crippen molar-refractivity contribution in [2.24, 2.45) is 0 Å². The second-order valence-electron chi connectivity index (χ2n) is 20.6. The number of ketones is 1. The number of pyridine rings is 1. The smallest absolute Gasteiger partial charge is 0.287 e. The van der Waals surface area contributed by atoms with Crippen LogP contribution in [0, 0.1) is 0 Å². The van der Waals surface area contributed by atoms with Crippen molar-refractivity contribution < 1.29 is 115 Å². The Morgan fingerprint density at radius 1 is 0.300 bits per heavy atom. The molecule has 0 saturated heterocycles. The molecule has 0 fully saturated rings. The average Bonchev–Trinajstić information content (AvgIpc) is 0.718. The van der Waals surface area contributed by atoms with Crippen LogP contribution in [0.2, 0.25) is 0 Å². The van der Waals surface area contributed by atoms with E-state index in [1.807, 2.05) is 48.7 Å². The minimum atomic E-state index is -6.13. The summed E-state index contributed by atoms with van der Waals surface area (Å²) in [5, 5.41) is 7.22. The predicted molar refractivity (Wildman–Crippen MR) is 285 cm³/mol. The lowest BCUT2D eigenvalue weighted by atomic mass is 9.12. The Kier molecular flexibility index (Phi) is 16.8. The van der Waals surface area contributed by atoms with Gasteiger partial charge in [-0.15, -0.1) is 0 Å². The molecule has 0 unspecified atom stereocenters. The molecule has 10 rings (SSSR count). The van der Waals surface area contributed by atoms with Crippen LogP contribution in [0.1, 0.15) is 54.9 Å². The molecule has 0 aliphatic heterocycles. The number of Topliss-reactive ketones (excluding diaryl/α,β-unsaturated/α-hetero) is 1. The van der Waals surface area contributed by atoms with E-state index in [2.05, 4.69) is 77.4 Å². The molecular weight excluding hydrogens is 1250 g/mol. The van der Waals surface area contributed by atoms with E-state index >= 15 is 0 Å². The van der Waals surface area contributed by atoms with Crippen LogP contribution < -0.4 is 26.4 Å². The second kappa shape index (κ2) is 23.1. The van der Waals surface area contributed by atoms with E-state index in [4.69, 9.17) is 0 Å². The van der Waals surface area contributed by atoms with Crippen LogP contribution >= 0.6 is 0 Å². The zero-order valence-corrected chi connectivity index (χ0v) is 44.7. The number of alkyl halides is 24. The van der Waals surface area contributed by atoms with Gasteiger partial charge in [-0.2, -0.15) is 132 Å². The molecule has 0 atom stereocenters. The average molecular weight is 1290 g/mol. The van der Waals surface area contributed by atoms with Crippen molar-refractivity contribution in [3.05, 3.63) is 244 Å². The Balaban J connectivity index is 0.000000244. The molecule has 9 aromatic carbocycles. The summed E-state index contributed by atoms with van der Waals surface area (Å²) in [6, 6.07) is 30.7. The number of aromatic nitrogens is 1. The third kappa shape index (κ3) is 13.6. The molecule has 0 aliphatic carbocycles. The van der Waals surface area contributed by atoms with E-state index < -0.39 is 195 Å². The normalized spacial score (nSPS) is 13.2. The van der Waals surface area contributed by atoms with Crippen molar-refractivity contribution in [1.29, 1.82) is 0 Å². The lowest BCUT2D eigenvalue weighted by molar-refractivity contribution is -0.672. The number of halogens is 24. The number of nitrogens with zero attached hydrogens (tertiary/aromatic N) is 1. The minimum absolute atomic E-state index is 0.100.